The van der Waals surface area contributed by atoms with Gasteiger partial charge in [-0.1, -0.05) is 6.08 Å². The van der Waals surface area contributed by atoms with Crippen LogP contribution in [-0.2, 0) is 6.54 Å². The summed E-state index contributed by atoms with van der Waals surface area (Å²) in [6.07, 6.45) is 5.47. The minimum absolute atomic E-state index is 0.702. The van der Waals surface area contributed by atoms with Crippen LogP contribution in [0.15, 0.2) is 46.1 Å². The Labute approximate surface area is 128 Å². The van der Waals surface area contributed by atoms with Gasteiger partial charge in [0.1, 0.15) is 5.75 Å². The number of rotatable bonds is 5. The second-order valence-electron chi connectivity index (χ2n) is 3.78. The Morgan fingerprint density at radius 2 is 2.21 bits per heavy atom. The first-order chi connectivity index (χ1) is 9.15. The molecule has 0 amide bonds. The Kier molecular flexibility index (Phi) is 4.66. The molecule has 1 aromatic carbocycles. The molecule has 0 radical (unpaired) electrons. The second kappa shape index (κ2) is 6.25. The molecule has 100 valence electrons. The number of anilines is 2. The molecule has 1 heterocycles. The van der Waals surface area contributed by atoms with Gasteiger partial charge < -0.3 is 14.6 Å². The zero-order valence-electron chi connectivity index (χ0n) is 10.4. The van der Waals surface area contributed by atoms with Gasteiger partial charge >= 0.3 is 0 Å². The number of nitrogens with zero attached hydrogens (tertiary/aromatic N) is 2. The SMILES string of the molecule is C=CCn1ccnc1Nc1cc(OC)c(Br)cc1Br. The number of hydrogen-bond donors (Lipinski definition) is 1. The van der Waals surface area contributed by atoms with Crippen LogP contribution in [0.5, 0.6) is 5.75 Å². The molecule has 1 N–H and O–H groups in total. The molecule has 0 saturated carbocycles. The van der Waals surface area contributed by atoms with Crippen LogP contribution in [0.2, 0.25) is 0 Å². The first-order valence-corrected chi connectivity index (χ1v) is 7.16. The Morgan fingerprint density at radius 1 is 1.42 bits per heavy atom. The monoisotopic (exact) mass is 385 g/mol. The van der Waals surface area contributed by atoms with Crippen LogP contribution >= 0.6 is 31.9 Å². The predicted molar refractivity (Wildman–Crippen MR) is 84.1 cm³/mol. The number of ether oxygens (including phenoxy) is 1. The van der Waals surface area contributed by atoms with Gasteiger partial charge in [-0.15, -0.1) is 6.58 Å². The quantitative estimate of drug-likeness (QED) is 0.776. The lowest BCUT2D eigenvalue weighted by Gasteiger charge is -2.12. The van der Waals surface area contributed by atoms with Crippen molar-refractivity contribution in [2.24, 2.45) is 0 Å². The second-order valence-corrected chi connectivity index (χ2v) is 5.49. The highest BCUT2D eigenvalue weighted by atomic mass is 79.9. The third-order valence-corrected chi connectivity index (χ3v) is 3.81. The summed E-state index contributed by atoms with van der Waals surface area (Å²) in [6, 6.07) is 3.84. The lowest BCUT2D eigenvalue weighted by atomic mass is 10.3. The first kappa shape index (κ1) is 14.1. The molecule has 19 heavy (non-hydrogen) atoms. The number of allylic oxidation sites excluding steroid dienone is 1. The predicted octanol–water partition coefficient (Wildman–Crippen LogP) is 4.35. The Hall–Kier alpha value is -1.27. The van der Waals surface area contributed by atoms with Gasteiger partial charge in [0.2, 0.25) is 5.95 Å². The Morgan fingerprint density at radius 3 is 2.89 bits per heavy atom. The van der Waals surface area contributed by atoms with Crippen LogP contribution in [0, 0.1) is 0 Å². The van der Waals surface area contributed by atoms with Crippen molar-refractivity contribution in [1.29, 1.82) is 0 Å². The maximum atomic E-state index is 5.29. The number of hydrogen-bond acceptors (Lipinski definition) is 3. The molecule has 0 atom stereocenters. The van der Waals surface area contributed by atoms with E-state index in [4.69, 9.17) is 4.74 Å². The van der Waals surface area contributed by atoms with Crippen LogP contribution in [-0.4, -0.2) is 16.7 Å². The van der Waals surface area contributed by atoms with Crippen molar-refractivity contribution in [2.45, 2.75) is 6.54 Å². The van der Waals surface area contributed by atoms with Crippen molar-refractivity contribution in [2.75, 3.05) is 12.4 Å². The summed E-state index contributed by atoms with van der Waals surface area (Å²) in [6.45, 7) is 4.43. The fraction of sp³-hybridized carbons (Fsp3) is 0.154. The topological polar surface area (TPSA) is 39.1 Å². The van der Waals surface area contributed by atoms with Crippen molar-refractivity contribution < 1.29 is 4.74 Å². The molecule has 1 aromatic heterocycles. The smallest absolute Gasteiger partial charge is 0.207 e. The first-order valence-electron chi connectivity index (χ1n) is 5.57. The summed E-state index contributed by atoms with van der Waals surface area (Å²) >= 11 is 6.96. The minimum Gasteiger partial charge on any atom is -0.495 e. The van der Waals surface area contributed by atoms with E-state index in [9.17, 15) is 0 Å². The average Bonchev–Trinajstić information content (AvgIpc) is 2.80. The van der Waals surface area contributed by atoms with Gasteiger partial charge in [-0.3, -0.25) is 0 Å². The zero-order valence-corrected chi connectivity index (χ0v) is 13.5. The minimum atomic E-state index is 0.702. The highest BCUT2D eigenvalue weighted by Gasteiger charge is 2.09. The molecular weight excluding hydrogens is 374 g/mol. The van der Waals surface area contributed by atoms with Gasteiger partial charge in [-0.2, -0.15) is 0 Å². The van der Waals surface area contributed by atoms with E-state index in [0.717, 1.165) is 26.3 Å². The van der Waals surface area contributed by atoms with Crippen molar-refractivity contribution in [3.8, 4) is 5.75 Å². The van der Waals surface area contributed by atoms with Crippen molar-refractivity contribution in [3.05, 3.63) is 46.1 Å². The molecule has 4 nitrogen and oxygen atoms in total. The zero-order chi connectivity index (χ0) is 13.8. The van der Waals surface area contributed by atoms with E-state index in [1.165, 1.54) is 0 Å². The number of aromatic nitrogens is 2. The lowest BCUT2D eigenvalue weighted by molar-refractivity contribution is 0.412. The molecule has 2 rings (SSSR count). The van der Waals surface area contributed by atoms with Crippen LogP contribution in [0.1, 0.15) is 0 Å². The summed E-state index contributed by atoms with van der Waals surface area (Å²) in [5.41, 5.74) is 0.886. The highest BCUT2D eigenvalue weighted by Crippen LogP contribution is 2.35. The van der Waals surface area contributed by atoms with Crippen LogP contribution in [0.25, 0.3) is 0 Å². The largest absolute Gasteiger partial charge is 0.495 e. The van der Waals surface area contributed by atoms with Gasteiger partial charge in [0, 0.05) is 29.5 Å². The normalized spacial score (nSPS) is 10.3. The number of halogens is 2. The molecule has 0 aliphatic rings. The maximum Gasteiger partial charge on any atom is 0.207 e. The molecule has 2 aromatic rings. The van der Waals surface area contributed by atoms with Gasteiger partial charge in [0.25, 0.3) is 0 Å². The molecule has 0 fully saturated rings. The van der Waals surface area contributed by atoms with E-state index in [1.807, 2.05) is 29.0 Å². The third kappa shape index (κ3) is 3.19. The fourth-order valence-electron chi connectivity index (χ4n) is 1.62. The molecule has 0 saturated heterocycles. The molecule has 0 bridgehead atoms. The van der Waals surface area contributed by atoms with Crippen molar-refractivity contribution in [1.82, 2.24) is 9.55 Å². The standard InChI is InChI=1S/C13H13Br2N3O/c1-3-5-18-6-4-16-13(18)17-11-8-12(19-2)10(15)7-9(11)14/h3-4,6-8H,1,5H2,2H3,(H,16,17). The van der Waals surface area contributed by atoms with Crippen molar-refractivity contribution >= 4 is 43.5 Å². The van der Waals surface area contributed by atoms with E-state index >= 15 is 0 Å². The van der Waals surface area contributed by atoms with Crippen LogP contribution in [0.3, 0.4) is 0 Å². The summed E-state index contributed by atoms with van der Waals surface area (Å²) in [5.74, 6) is 1.51. The van der Waals surface area contributed by atoms with Crippen LogP contribution < -0.4 is 10.1 Å². The third-order valence-electron chi connectivity index (χ3n) is 2.53. The van der Waals surface area contributed by atoms with Crippen molar-refractivity contribution in [3.63, 3.8) is 0 Å². The summed E-state index contributed by atoms with van der Waals surface area (Å²) < 4.78 is 9.07. The molecular formula is C13H13Br2N3O. The Balaban J connectivity index is 2.32. The lowest BCUT2D eigenvalue weighted by Crippen LogP contribution is -2.02. The Bertz CT molecular complexity index is 596. The number of imidazole rings is 1. The highest BCUT2D eigenvalue weighted by molar-refractivity contribution is 9.11. The van der Waals surface area contributed by atoms with Gasteiger partial charge in [0.05, 0.1) is 17.3 Å². The number of nitrogens with one attached hydrogen (secondary N) is 1. The average molecular weight is 387 g/mol. The summed E-state index contributed by atoms with van der Waals surface area (Å²) in [5, 5.41) is 3.26. The summed E-state index contributed by atoms with van der Waals surface area (Å²) in [7, 11) is 1.64. The van der Waals surface area contributed by atoms with E-state index < -0.39 is 0 Å². The number of methoxy groups -OCH3 is 1. The van der Waals surface area contributed by atoms with E-state index in [0.29, 0.717) is 6.54 Å². The molecule has 0 unspecified atom stereocenters. The van der Waals surface area contributed by atoms with Gasteiger partial charge in [-0.25, -0.2) is 4.98 Å². The molecule has 0 spiro atoms. The molecule has 0 aliphatic heterocycles. The van der Waals surface area contributed by atoms with Gasteiger partial charge in [-0.05, 0) is 37.9 Å². The molecule has 0 aliphatic carbocycles. The maximum absolute atomic E-state index is 5.29. The van der Waals surface area contributed by atoms with E-state index in [1.54, 1.807) is 13.3 Å². The summed E-state index contributed by atoms with van der Waals surface area (Å²) in [4.78, 5) is 4.28. The van der Waals surface area contributed by atoms with Gasteiger partial charge in [0.15, 0.2) is 0 Å². The number of benzene rings is 1. The fourth-order valence-corrected chi connectivity index (χ4v) is 2.88. The molecule has 6 heteroatoms. The van der Waals surface area contributed by atoms with E-state index in [-0.39, 0.29) is 0 Å². The van der Waals surface area contributed by atoms with E-state index in [2.05, 4.69) is 48.7 Å². The van der Waals surface area contributed by atoms with Crippen LogP contribution in [0.4, 0.5) is 11.6 Å².